The molecule has 0 aliphatic rings. The van der Waals surface area contributed by atoms with Gasteiger partial charge in [-0.3, -0.25) is 9.59 Å². The molecule has 0 unspecified atom stereocenters. The Morgan fingerprint density at radius 3 is 2.42 bits per heavy atom. The van der Waals surface area contributed by atoms with E-state index < -0.39 is 0 Å². The maximum atomic E-state index is 12.7. The minimum Gasteiger partial charge on any atom is -0.496 e. The molecule has 0 bridgehead atoms. The number of fused-ring (bicyclic) bond motifs is 4. The molecular formula is C33H32N6O4. The van der Waals surface area contributed by atoms with Crippen molar-refractivity contribution < 1.29 is 18.8 Å². The second kappa shape index (κ2) is 11.2. The van der Waals surface area contributed by atoms with Crippen LogP contribution in [0.4, 0.5) is 5.69 Å². The second-order valence-corrected chi connectivity index (χ2v) is 10.5. The maximum Gasteiger partial charge on any atom is 0.224 e. The number of aromatic amines is 1. The molecule has 3 N–H and O–H groups in total. The van der Waals surface area contributed by atoms with Crippen LogP contribution in [0.5, 0.6) is 5.75 Å². The van der Waals surface area contributed by atoms with Crippen LogP contribution < -0.4 is 15.4 Å². The third-order valence-corrected chi connectivity index (χ3v) is 7.59. The van der Waals surface area contributed by atoms with Gasteiger partial charge in [-0.05, 0) is 51.3 Å². The van der Waals surface area contributed by atoms with E-state index in [1.165, 1.54) is 0 Å². The third kappa shape index (κ3) is 5.05. The van der Waals surface area contributed by atoms with Gasteiger partial charge in [-0.1, -0.05) is 35.5 Å². The fourth-order valence-electron chi connectivity index (χ4n) is 5.70. The van der Waals surface area contributed by atoms with Crippen molar-refractivity contribution in [1.29, 1.82) is 0 Å². The smallest absolute Gasteiger partial charge is 0.224 e. The number of carbonyl (C=O) groups excluding carboxylic acids is 2. The molecule has 0 saturated heterocycles. The Bertz CT molecular complexity index is 2020. The Morgan fingerprint density at radius 1 is 0.930 bits per heavy atom. The highest BCUT2D eigenvalue weighted by Crippen LogP contribution is 2.42. The fourth-order valence-corrected chi connectivity index (χ4v) is 5.70. The Kier molecular flexibility index (Phi) is 7.27. The molecule has 0 spiro atoms. The van der Waals surface area contributed by atoms with Gasteiger partial charge in [0.15, 0.2) is 0 Å². The van der Waals surface area contributed by atoms with Gasteiger partial charge in [0.1, 0.15) is 23.0 Å². The van der Waals surface area contributed by atoms with Crippen molar-refractivity contribution in [1.82, 2.24) is 25.4 Å². The zero-order chi connectivity index (χ0) is 30.2. The quantitative estimate of drug-likeness (QED) is 0.191. The fraction of sp³-hybridized carbons (Fsp3) is 0.242. The molecule has 3 heterocycles. The molecular weight excluding hydrogens is 544 g/mol. The molecule has 0 atom stereocenters. The number of nitrogens with zero attached hydrogens (tertiary/aromatic N) is 3. The van der Waals surface area contributed by atoms with Crippen LogP contribution >= 0.6 is 0 Å². The first-order valence-electron chi connectivity index (χ1n) is 14.2. The van der Waals surface area contributed by atoms with Gasteiger partial charge in [-0.15, -0.1) is 0 Å². The van der Waals surface area contributed by atoms with E-state index in [-0.39, 0.29) is 24.7 Å². The van der Waals surface area contributed by atoms with E-state index >= 15 is 0 Å². The topological polar surface area (TPSA) is 135 Å². The zero-order valence-electron chi connectivity index (χ0n) is 24.7. The number of aryl methyl sites for hydroxylation is 3. The Labute approximate surface area is 247 Å². The van der Waals surface area contributed by atoms with E-state index in [9.17, 15) is 9.59 Å². The van der Waals surface area contributed by atoms with Crippen molar-refractivity contribution in [3.05, 3.63) is 65.8 Å². The van der Waals surface area contributed by atoms with E-state index in [2.05, 4.69) is 20.8 Å². The average Bonchev–Trinajstić information content (AvgIpc) is 3.52. The lowest BCUT2D eigenvalue weighted by atomic mass is 9.96. The maximum absolute atomic E-state index is 12.7. The van der Waals surface area contributed by atoms with Crippen molar-refractivity contribution in [3.8, 4) is 28.1 Å². The van der Waals surface area contributed by atoms with E-state index in [4.69, 9.17) is 19.2 Å². The highest BCUT2D eigenvalue weighted by atomic mass is 16.5. The van der Waals surface area contributed by atoms with Gasteiger partial charge in [-0.2, -0.15) is 0 Å². The van der Waals surface area contributed by atoms with E-state index in [1.54, 1.807) is 7.11 Å². The number of anilines is 1. The van der Waals surface area contributed by atoms with Gasteiger partial charge >= 0.3 is 0 Å². The van der Waals surface area contributed by atoms with Gasteiger partial charge < -0.3 is 24.9 Å². The van der Waals surface area contributed by atoms with Crippen molar-refractivity contribution in [2.24, 2.45) is 0 Å². The molecule has 6 rings (SSSR count). The van der Waals surface area contributed by atoms with Crippen LogP contribution in [0.25, 0.3) is 55.1 Å². The van der Waals surface area contributed by atoms with Crippen LogP contribution in [0, 0.1) is 20.8 Å². The lowest BCUT2D eigenvalue weighted by Gasteiger charge is -2.14. The zero-order valence-corrected chi connectivity index (χ0v) is 24.7. The molecule has 10 nitrogen and oxygen atoms in total. The van der Waals surface area contributed by atoms with Gasteiger partial charge in [0.25, 0.3) is 0 Å². The van der Waals surface area contributed by atoms with Gasteiger partial charge in [0.2, 0.25) is 11.8 Å². The first-order chi connectivity index (χ1) is 20.8. The summed E-state index contributed by atoms with van der Waals surface area (Å²) < 4.78 is 11.3. The number of amides is 2. The van der Waals surface area contributed by atoms with Crippen LogP contribution in [0.15, 0.2) is 53.1 Å². The number of benzene rings is 3. The molecule has 218 valence electrons. The van der Waals surface area contributed by atoms with Gasteiger partial charge in [-0.25, -0.2) is 9.97 Å². The summed E-state index contributed by atoms with van der Waals surface area (Å²) in [6, 6.07) is 15.8. The summed E-state index contributed by atoms with van der Waals surface area (Å²) in [5, 5.41) is 13.4. The summed E-state index contributed by atoms with van der Waals surface area (Å²) >= 11 is 0. The van der Waals surface area contributed by atoms with Crippen LogP contribution in [0.1, 0.15) is 37.0 Å². The monoisotopic (exact) mass is 576 g/mol. The summed E-state index contributed by atoms with van der Waals surface area (Å²) in [7, 11) is 1.65. The Balaban J connectivity index is 1.49. The molecule has 3 aromatic heterocycles. The number of nitrogens with one attached hydrogen (secondary N) is 3. The van der Waals surface area contributed by atoms with Crippen molar-refractivity contribution >= 4 is 50.2 Å². The number of aromatic nitrogens is 4. The van der Waals surface area contributed by atoms with E-state index in [1.807, 2.05) is 76.2 Å². The minimum atomic E-state index is -0.220. The summed E-state index contributed by atoms with van der Waals surface area (Å²) in [6.45, 7) is 8.05. The average molecular weight is 577 g/mol. The van der Waals surface area contributed by atoms with Crippen molar-refractivity contribution in [3.63, 3.8) is 0 Å². The van der Waals surface area contributed by atoms with Crippen LogP contribution in [0.2, 0.25) is 0 Å². The predicted octanol–water partition coefficient (Wildman–Crippen LogP) is 6.37. The number of rotatable bonds is 8. The van der Waals surface area contributed by atoms with Gasteiger partial charge in [0, 0.05) is 52.5 Å². The van der Waals surface area contributed by atoms with Crippen LogP contribution in [0.3, 0.4) is 0 Å². The third-order valence-electron chi connectivity index (χ3n) is 7.59. The van der Waals surface area contributed by atoms with Crippen LogP contribution in [-0.4, -0.2) is 45.6 Å². The molecule has 6 aromatic rings. The second-order valence-electron chi connectivity index (χ2n) is 10.5. The van der Waals surface area contributed by atoms with Crippen molar-refractivity contribution in [2.75, 3.05) is 19.0 Å². The number of H-pyrrole nitrogens is 1. The number of hydrogen-bond acceptors (Lipinski definition) is 7. The molecule has 0 saturated carbocycles. The number of carbonyl (C=O) groups is 2. The standard InChI is InChI=1S/C33H32N6O4/c1-6-34-28(40)13-14-29(41)37-25-12-11-22(20-9-7-8-10-21(20)25)32-31-23-16-27(42-5)24(30-17(2)39-43-18(30)3)15-26(23)38-33(31)36-19(4)35-32/h7-12,15-16H,6,13-14H2,1-5H3,(H,34,40)(H,37,41)(H,35,36,38). The molecule has 0 fully saturated rings. The predicted molar refractivity (Wildman–Crippen MR) is 167 cm³/mol. The lowest BCUT2D eigenvalue weighted by molar-refractivity contribution is -0.124. The lowest BCUT2D eigenvalue weighted by Crippen LogP contribution is -2.24. The van der Waals surface area contributed by atoms with Gasteiger partial charge in [0.05, 0.1) is 29.4 Å². The molecule has 10 heteroatoms. The number of ether oxygens (including phenoxy) is 1. The first-order valence-corrected chi connectivity index (χ1v) is 14.2. The number of hydrogen-bond donors (Lipinski definition) is 3. The summed E-state index contributed by atoms with van der Waals surface area (Å²) in [6.07, 6.45) is 0.233. The summed E-state index contributed by atoms with van der Waals surface area (Å²) in [4.78, 5) is 37.7. The van der Waals surface area contributed by atoms with Crippen LogP contribution in [-0.2, 0) is 9.59 Å². The molecule has 0 aliphatic carbocycles. The minimum absolute atomic E-state index is 0.0979. The Morgan fingerprint density at radius 2 is 1.70 bits per heavy atom. The molecule has 0 aliphatic heterocycles. The normalized spacial score (nSPS) is 11.4. The number of methoxy groups -OCH3 is 1. The van der Waals surface area contributed by atoms with E-state index in [0.29, 0.717) is 35.2 Å². The molecule has 2 amide bonds. The molecule has 0 radical (unpaired) electrons. The highest BCUT2D eigenvalue weighted by molar-refractivity contribution is 6.17. The molecule has 43 heavy (non-hydrogen) atoms. The summed E-state index contributed by atoms with van der Waals surface area (Å²) in [5.41, 5.74) is 6.50. The first kappa shape index (κ1) is 27.9. The van der Waals surface area contributed by atoms with E-state index in [0.717, 1.165) is 55.1 Å². The highest BCUT2D eigenvalue weighted by Gasteiger charge is 2.22. The van der Waals surface area contributed by atoms with Crippen molar-refractivity contribution in [2.45, 2.75) is 40.5 Å². The largest absolute Gasteiger partial charge is 0.496 e. The molecule has 3 aromatic carbocycles. The SMILES string of the molecule is CCNC(=O)CCC(=O)Nc1ccc(-c2nc(C)nc3[nH]c4cc(-c5c(C)noc5C)c(OC)cc4c23)c2ccccc12. The Hall–Kier alpha value is -5.25. The summed E-state index contributed by atoms with van der Waals surface area (Å²) in [5.74, 6) is 1.66.